The number of hydrogen-bond acceptors (Lipinski definition) is 4. The summed E-state index contributed by atoms with van der Waals surface area (Å²) >= 11 is 3.17. The fraction of sp³-hybridized carbons (Fsp3) is 0.417. The minimum atomic E-state index is -0.533. The first-order chi connectivity index (χ1) is 9.02. The summed E-state index contributed by atoms with van der Waals surface area (Å²) in [6, 6.07) is 3.98. The minimum absolute atomic E-state index is 0.0815. The number of hydrogen-bond donors (Lipinski definition) is 1. The number of carbonyl (C=O) groups is 1. The van der Waals surface area contributed by atoms with Crippen LogP contribution in [0.1, 0.15) is 23.2 Å². The molecule has 7 heteroatoms. The molecule has 1 N–H and O–H groups in total. The van der Waals surface area contributed by atoms with Gasteiger partial charge in [-0.2, -0.15) is 0 Å². The minimum Gasteiger partial charge on any atom is -0.394 e. The first-order valence-corrected chi connectivity index (χ1v) is 6.69. The molecule has 102 valence electrons. The highest BCUT2D eigenvalue weighted by Gasteiger charge is 2.29. The number of rotatable bonds is 3. The van der Waals surface area contributed by atoms with Gasteiger partial charge in [0.1, 0.15) is 0 Å². The molecule has 0 bridgehead atoms. The van der Waals surface area contributed by atoms with Crippen LogP contribution < -0.4 is 0 Å². The molecule has 1 saturated heterocycles. The molecule has 0 saturated carbocycles. The van der Waals surface area contributed by atoms with Gasteiger partial charge < -0.3 is 10.0 Å². The van der Waals surface area contributed by atoms with E-state index in [1.807, 2.05) is 0 Å². The van der Waals surface area contributed by atoms with Crippen LogP contribution in [0.5, 0.6) is 0 Å². The largest absolute Gasteiger partial charge is 0.394 e. The van der Waals surface area contributed by atoms with Crippen molar-refractivity contribution in [1.29, 1.82) is 0 Å². The van der Waals surface area contributed by atoms with Gasteiger partial charge in [-0.15, -0.1) is 0 Å². The van der Waals surface area contributed by atoms with Gasteiger partial charge in [-0.1, -0.05) is 15.9 Å². The average molecular weight is 329 g/mol. The standard InChI is InChI=1S/C12H13BrN2O4/c13-9-4-8(5-11(6-9)15(18)19)12(17)14-3-1-2-10(14)7-16/h4-6,10,16H,1-3,7H2. The molecule has 1 aliphatic heterocycles. The molecule has 1 heterocycles. The molecule has 6 nitrogen and oxygen atoms in total. The Labute approximate surface area is 118 Å². The van der Waals surface area contributed by atoms with Gasteiger partial charge >= 0.3 is 0 Å². The van der Waals surface area contributed by atoms with Crippen LogP contribution in [0, 0.1) is 10.1 Å². The van der Waals surface area contributed by atoms with Gasteiger partial charge in [-0.3, -0.25) is 14.9 Å². The fourth-order valence-corrected chi connectivity index (χ4v) is 2.74. The maximum Gasteiger partial charge on any atom is 0.271 e. The average Bonchev–Trinajstić information content (AvgIpc) is 2.85. The first-order valence-electron chi connectivity index (χ1n) is 5.89. The van der Waals surface area contributed by atoms with Gasteiger partial charge in [0, 0.05) is 28.7 Å². The summed E-state index contributed by atoms with van der Waals surface area (Å²) in [6.07, 6.45) is 1.60. The van der Waals surface area contributed by atoms with Crippen LogP contribution in [0.2, 0.25) is 0 Å². The lowest BCUT2D eigenvalue weighted by atomic mass is 10.1. The van der Waals surface area contributed by atoms with Crippen molar-refractivity contribution >= 4 is 27.5 Å². The molecule has 2 rings (SSSR count). The Balaban J connectivity index is 2.30. The monoisotopic (exact) mass is 328 g/mol. The second-order valence-electron chi connectivity index (χ2n) is 4.43. The summed E-state index contributed by atoms with van der Waals surface area (Å²) in [5, 5.41) is 20.0. The lowest BCUT2D eigenvalue weighted by molar-refractivity contribution is -0.385. The van der Waals surface area contributed by atoms with Crippen molar-refractivity contribution in [2.75, 3.05) is 13.2 Å². The van der Waals surface area contributed by atoms with Crippen molar-refractivity contribution in [3.05, 3.63) is 38.3 Å². The molecule has 0 aliphatic carbocycles. The van der Waals surface area contributed by atoms with Crippen molar-refractivity contribution in [3.63, 3.8) is 0 Å². The summed E-state index contributed by atoms with van der Waals surface area (Å²) < 4.78 is 0.491. The first kappa shape index (κ1) is 14.0. The number of aliphatic hydroxyl groups is 1. The van der Waals surface area contributed by atoms with Crippen molar-refractivity contribution < 1.29 is 14.8 Å². The highest BCUT2D eigenvalue weighted by Crippen LogP contribution is 2.25. The van der Waals surface area contributed by atoms with Crippen LogP contribution in [-0.4, -0.2) is 40.0 Å². The van der Waals surface area contributed by atoms with Crippen molar-refractivity contribution in [2.45, 2.75) is 18.9 Å². The van der Waals surface area contributed by atoms with Gasteiger partial charge in [-0.25, -0.2) is 0 Å². The topological polar surface area (TPSA) is 83.7 Å². The van der Waals surface area contributed by atoms with Gasteiger partial charge in [0.15, 0.2) is 0 Å². The van der Waals surface area contributed by atoms with E-state index in [0.29, 0.717) is 11.0 Å². The second kappa shape index (κ2) is 5.66. The van der Waals surface area contributed by atoms with E-state index in [0.717, 1.165) is 12.8 Å². The Hall–Kier alpha value is -1.47. The number of benzene rings is 1. The Morgan fingerprint density at radius 3 is 2.89 bits per heavy atom. The molecular formula is C12H13BrN2O4. The highest BCUT2D eigenvalue weighted by molar-refractivity contribution is 9.10. The molecule has 1 aromatic rings. The lowest BCUT2D eigenvalue weighted by Crippen LogP contribution is -2.37. The quantitative estimate of drug-likeness (QED) is 0.679. The number of nitrogens with zero attached hydrogens (tertiary/aromatic N) is 2. The van der Waals surface area contributed by atoms with E-state index >= 15 is 0 Å². The number of likely N-dealkylation sites (tertiary alicyclic amines) is 1. The summed E-state index contributed by atoms with van der Waals surface area (Å²) in [5.74, 6) is -0.277. The molecule has 1 unspecified atom stereocenters. The summed E-state index contributed by atoms with van der Waals surface area (Å²) in [4.78, 5) is 24.1. The molecule has 1 aliphatic rings. The Morgan fingerprint density at radius 1 is 1.53 bits per heavy atom. The molecule has 0 aromatic heterocycles. The molecule has 1 atom stereocenters. The number of nitro benzene ring substituents is 1. The SMILES string of the molecule is O=C(c1cc(Br)cc([N+](=O)[O-])c1)N1CCCC1CO. The van der Waals surface area contributed by atoms with Crippen molar-refractivity contribution in [1.82, 2.24) is 4.90 Å². The number of carbonyl (C=O) groups excluding carboxylic acids is 1. The van der Waals surface area contributed by atoms with E-state index in [9.17, 15) is 20.0 Å². The second-order valence-corrected chi connectivity index (χ2v) is 5.35. The Bertz CT molecular complexity index is 520. The number of halogens is 1. The normalized spacial score (nSPS) is 18.6. The molecule has 19 heavy (non-hydrogen) atoms. The number of aliphatic hydroxyl groups excluding tert-OH is 1. The zero-order valence-electron chi connectivity index (χ0n) is 10.1. The lowest BCUT2D eigenvalue weighted by Gasteiger charge is -2.23. The molecular weight excluding hydrogens is 316 g/mol. The van der Waals surface area contributed by atoms with E-state index in [2.05, 4.69) is 15.9 Å². The fourth-order valence-electron chi connectivity index (χ4n) is 2.26. The predicted molar refractivity (Wildman–Crippen MR) is 71.9 cm³/mol. The van der Waals surface area contributed by atoms with E-state index in [-0.39, 0.29) is 29.8 Å². The van der Waals surface area contributed by atoms with Gasteiger partial charge in [0.05, 0.1) is 17.6 Å². The number of amides is 1. The zero-order valence-corrected chi connectivity index (χ0v) is 11.7. The van der Waals surface area contributed by atoms with Crippen LogP contribution in [0.15, 0.2) is 22.7 Å². The zero-order chi connectivity index (χ0) is 14.0. The van der Waals surface area contributed by atoms with E-state index in [1.54, 1.807) is 11.0 Å². The van der Waals surface area contributed by atoms with Crippen molar-refractivity contribution in [2.24, 2.45) is 0 Å². The maximum absolute atomic E-state index is 12.3. The van der Waals surface area contributed by atoms with Crippen LogP contribution in [0.3, 0.4) is 0 Å². The summed E-state index contributed by atoms with van der Waals surface area (Å²) in [6.45, 7) is 0.492. The third kappa shape index (κ3) is 2.93. The van der Waals surface area contributed by atoms with Gasteiger partial charge in [0.2, 0.25) is 0 Å². The summed E-state index contributed by atoms with van der Waals surface area (Å²) in [5.41, 5.74) is 0.138. The van der Waals surface area contributed by atoms with Crippen LogP contribution in [0.25, 0.3) is 0 Å². The van der Waals surface area contributed by atoms with Gasteiger partial charge in [0.25, 0.3) is 11.6 Å². The number of non-ortho nitro benzene ring substituents is 1. The van der Waals surface area contributed by atoms with E-state index in [4.69, 9.17) is 0 Å². The maximum atomic E-state index is 12.3. The van der Waals surface area contributed by atoms with E-state index in [1.165, 1.54) is 12.1 Å². The molecule has 0 radical (unpaired) electrons. The van der Waals surface area contributed by atoms with Gasteiger partial charge in [-0.05, 0) is 18.9 Å². The Kier molecular flexibility index (Phi) is 4.16. The van der Waals surface area contributed by atoms with Crippen LogP contribution >= 0.6 is 15.9 Å². The number of nitro groups is 1. The Morgan fingerprint density at radius 2 is 2.26 bits per heavy atom. The summed E-state index contributed by atoms with van der Waals surface area (Å²) in [7, 11) is 0. The molecule has 1 aromatic carbocycles. The van der Waals surface area contributed by atoms with Crippen LogP contribution in [-0.2, 0) is 0 Å². The van der Waals surface area contributed by atoms with Crippen LogP contribution in [0.4, 0.5) is 5.69 Å². The van der Waals surface area contributed by atoms with E-state index < -0.39 is 4.92 Å². The third-order valence-corrected chi connectivity index (χ3v) is 3.65. The highest BCUT2D eigenvalue weighted by atomic mass is 79.9. The third-order valence-electron chi connectivity index (χ3n) is 3.19. The molecule has 1 fully saturated rings. The van der Waals surface area contributed by atoms with Crippen molar-refractivity contribution in [3.8, 4) is 0 Å². The predicted octanol–water partition coefficient (Wildman–Crippen LogP) is 1.95. The molecule has 0 spiro atoms. The molecule has 1 amide bonds. The smallest absolute Gasteiger partial charge is 0.271 e.